The van der Waals surface area contributed by atoms with Crippen LogP contribution < -0.4 is 15.4 Å². The normalized spacial score (nSPS) is 24.7. The second-order valence-electron chi connectivity index (χ2n) is 7.07. The van der Waals surface area contributed by atoms with Crippen LogP contribution in [-0.2, 0) is 10.9 Å². The molecule has 2 saturated heterocycles. The summed E-state index contributed by atoms with van der Waals surface area (Å²) in [5.41, 5.74) is -0.740. The van der Waals surface area contributed by atoms with Crippen LogP contribution in [0.2, 0.25) is 0 Å². The van der Waals surface area contributed by atoms with Gasteiger partial charge in [0.1, 0.15) is 18.5 Å². The SMILES string of the molecule is CCNC(=NCC(O)COc1ccc(C(F)(F)F)cc1)NC1CC2CCC1O2.I. The zero-order chi connectivity index (χ0) is 20.1. The quantitative estimate of drug-likeness (QED) is 0.288. The summed E-state index contributed by atoms with van der Waals surface area (Å²) >= 11 is 0. The molecule has 0 spiro atoms. The highest BCUT2D eigenvalue weighted by molar-refractivity contribution is 14.0. The summed E-state index contributed by atoms with van der Waals surface area (Å²) < 4.78 is 48.8. The predicted octanol–water partition coefficient (Wildman–Crippen LogP) is 2.94. The van der Waals surface area contributed by atoms with Crippen molar-refractivity contribution in [2.75, 3.05) is 19.7 Å². The molecule has 3 rings (SSSR count). The minimum Gasteiger partial charge on any atom is -0.491 e. The number of halogens is 4. The second-order valence-corrected chi connectivity index (χ2v) is 7.07. The fraction of sp³-hybridized carbons (Fsp3) is 0.632. The van der Waals surface area contributed by atoms with Gasteiger partial charge in [0.25, 0.3) is 0 Å². The van der Waals surface area contributed by atoms with Crippen LogP contribution in [-0.4, -0.2) is 55.1 Å². The molecule has 3 N–H and O–H groups in total. The summed E-state index contributed by atoms with van der Waals surface area (Å²) in [6, 6.07) is 4.59. The van der Waals surface area contributed by atoms with Crippen molar-refractivity contribution in [1.29, 1.82) is 0 Å². The molecule has 0 amide bonds. The van der Waals surface area contributed by atoms with E-state index in [4.69, 9.17) is 9.47 Å². The highest BCUT2D eigenvalue weighted by Crippen LogP contribution is 2.34. The lowest BCUT2D eigenvalue weighted by molar-refractivity contribution is -0.137. The Morgan fingerprint density at radius 1 is 1.31 bits per heavy atom. The molecule has 2 fully saturated rings. The van der Waals surface area contributed by atoms with E-state index < -0.39 is 17.8 Å². The maximum Gasteiger partial charge on any atom is 0.416 e. The van der Waals surface area contributed by atoms with E-state index in [0.29, 0.717) is 18.6 Å². The van der Waals surface area contributed by atoms with Crippen molar-refractivity contribution in [3.05, 3.63) is 29.8 Å². The summed E-state index contributed by atoms with van der Waals surface area (Å²) in [5.74, 6) is 0.873. The van der Waals surface area contributed by atoms with Crippen LogP contribution in [0.1, 0.15) is 31.7 Å². The van der Waals surface area contributed by atoms with Gasteiger partial charge in [-0.05, 0) is 50.5 Å². The molecule has 2 heterocycles. The Bertz CT molecular complexity index is 673. The first-order valence-corrected chi connectivity index (χ1v) is 9.53. The smallest absolute Gasteiger partial charge is 0.416 e. The highest BCUT2D eigenvalue weighted by Gasteiger charge is 2.41. The van der Waals surface area contributed by atoms with Crippen molar-refractivity contribution in [3.8, 4) is 5.75 Å². The topological polar surface area (TPSA) is 75.1 Å². The zero-order valence-corrected chi connectivity index (χ0v) is 18.4. The number of alkyl halides is 3. The van der Waals surface area contributed by atoms with Crippen LogP contribution in [0.15, 0.2) is 29.3 Å². The molecule has 2 bridgehead atoms. The summed E-state index contributed by atoms with van der Waals surface area (Å²) in [4.78, 5) is 4.38. The Hall–Kier alpha value is -1.27. The fourth-order valence-electron chi connectivity index (χ4n) is 3.47. The molecule has 10 heteroatoms. The maximum absolute atomic E-state index is 12.6. The molecule has 0 aliphatic carbocycles. The third-order valence-electron chi connectivity index (χ3n) is 4.86. The zero-order valence-electron chi connectivity index (χ0n) is 16.1. The number of guanidine groups is 1. The molecule has 1 aromatic carbocycles. The van der Waals surface area contributed by atoms with E-state index in [1.54, 1.807) is 0 Å². The van der Waals surface area contributed by atoms with Crippen LogP contribution >= 0.6 is 24.0 Å². The number of aliphatic hydroxyl groups excluding tert-OH is 1. The van der Waals surface area contributed by atoms with Gasteiger partial charge in [0, 0.05) is 6.54 Å². The predicted molar refractivity (Wildman–Crippen MR) is 114 cm³/mol. The lowest BCUT2D eigenvalue weighted by Crippen LogP contribution is -2.47. The van der Waals surface area contributed by atoms with E-state index in [0.717, 1.165) is 31.4 Å². The van der Waals surface area contributed by atoms with Gasteiger partial charge >= 0.3 is 6.18 Å². The Labute approximate surface area is 185 Å². The molecule has 0 saturated carbocycles. The van der Waals surface area contributed by atoms with Crippen LogP contribution in [0, 0.1) is 0 Å². The molecule has 2 aliphatic heterocycles. The first-order chi connectivity index (χ1) is 13.3. The average Bonchev–Trinajstić information content (AvgIpc) is 3.27. The Kier molecular flexibility index (Phi) is 8.83. The van der Waals surface area contributed by atoms with Gasteiger partial charge < -0.3 is 25.2 Å². The van der Waals surface area contributed by atoms with Gasteiger partial charge in [-0.15, -0.1) is 24.0 Å². The number of benzene rings is 1. The molecule has 6 nitrogen and oxygen atoms in total. The number of aliphatic imine (C=N–C) groups is 1. The van der Waals surface area contributed by atoms with Crippen LogP contribution in [0.4, 0.5) is 13.2 Å². The van der Waals surface area contributed by atoms with Crippen molar-refractivity contribution in [1.82, 2.24) is 10.6 Å². The molecule has 4 unspecified atom stereocenters. The number of ether oxygens (including phenoxy) is 2. The standard InChI is InChI=1S/C19H26F3N3O3.HI/c1-2-23-18(25-16-9-15-7-8-17(16)28-15)24-10-13(26)11-27-14-5-3-12(4-6-14)19(20,21)22;/h3-6,13,15-17,26H,2,7-11H2,1H3,(H2,23,24,25);1H. The maximum atomic E-state index is 12.6. The van der Waals surface area contributed by atoms with Crippen molar-refractivity contribution in [2.45, 2.75) is 56.7 Å². The Balaban J connectivity index is 0.00000300. The van der Waals surface area contributed by atoms with Crippen molar-refractivity contribution < 1.29 is 27.8 Å². The molecule has 164 valence electrons. The van der Waals surface area contributed by atoms with Crippen molar-refractivity contribution in [3.63, 3.8) is 0 Å². The summed E-state index contributed by atoms with van der Waals surface area (Å²) in [7, 11) is 0. The number of nitrogens with zero attached hydrogens (tertiary/aromatic N) is 1. The fourth-order valence-corrected chi connectivity index (χ4v) is 3.47. The minimum atomic E-state index is -4.38. The summed E-state index contributed by atoms with van der Waals surface area (Å²) in [6.45, 7) is 2.69. The number of fused-ring (bicyclic) bond motifs is 2. The van der Waals surface area contributed by atoms with Gasteiger partial charge in [-0.25, -0.2) is 0 Å². The molecular weight excluding hydrogens is 502 g/mol. The van der Waals surface area contributed by atoms with Crippen LogP contribution in [0.25, 0.3) is 0 Å². The van der Waals surface area contributed by atoms with Crippen molar-refractivity contribution >= 4 is 29.9 Å². The molecule has 4 atom stereocenters. The van der Waals surface area contributed by atoms with Gasteiger partial charge in [0.2, 0.25) is 0 Å². The Morgan fingerprint density at radius 2 is 2.03 bits per heavy atom. The van der Waals surface area contributed by atoms with E-state index in [1.165, 1.54) is 12.1 Å². The summed E-state index contributed by atoms with van der Waals surface area (Å²) in [5, 5.41) is 16.6. The average molecular weight is 529 g/mol. The Morgan fingerprint density at radius 3 is 2.59 bits per heavy atom. The number of aliphatic hydroxyl groups is 1. The molecule has 0 aromatic heterocycles. The van der Waals surface area contributed by atoms with Crippen molar-refractivity contribution in [2.24, 2.45) is 4.99 Å². The van der Waals surface area contributed by atoms with Gasteiger partial charge in [-0.2, -0.15) is 13.2 Å². The number of hydrogen-bond donors (Lipinski definition) is 3. The van der Waals surface area contributed by atoms with Gasteiger partial charge in [-0.1, -0.05) is 0 Å². The minimum absolute atomic E-state index is 0. The highest BCUT2D eigenvalue weighted by atomic mass is 127. The molecule has 1 aromatic rings. The monoisotopic (exact) mass is 529 g/mol. The first-order valence-electron chi connectivity index (χ1n) is 9.53. The van der Waals surface area contributed by atoms with E-state index in [2.05, 4.69) is 15.6 Å². The van der Waals surface area contributed by atoms with E-state index in [-0.39, 0.29) is 55.0 Å². The van der Waals surface area contributed by atoms with Gasteiger partial charge in [0.15, 0.2) is 5.96 Å². The van der Waals surface area contributed by atoms with E-state index in [1.807, 2.05) is 6.92 Å². The third kappa shape index (κ3) is 6.88. The number of rotatable bonds is 7. The van der Waals surface area contributed by atoms with Gasteiger partial charge in [-0.3, -0.25) is 4.99 Å². The third-order valence-corrected chi connectivity index (χ3v) is 4.86. The number of nitrogens with one attached hydrogen (secondary N) is 2. The second kappa shape index (κ2) is 10.7. The molecule has 0 radical (unpaired) electrons. The first kappa shape index (κ1) is 24.0. The molecule has 29 heavy (non-hydrogen) atoms. The lowest BCUT2D eigenvalue weighted by atomic mass is 9.96. The molecular formula is C19H27F3IN3O3. The largest absolute Gasteiger partial charge is 0.491 e. The van der Waals surface area contributed by atoms with E-state index in [9.17, 15) is 18.3 Å². The van der Waals surface area contributed by atoms with E-state index >= 15 is 0 Å². The molecule has 2 aliphatic rings. The number of hydrogen-bond acceptors (Lipinski definition) is 4. The van der Waals surface area contributed by atoms with Crippen LogP contribution in [0.3, 0.4) is 0 Å². The van der Waals surface area contributed by atoms with Crippen LogP contribution in [0.5, 0.6) is 5.75 Å². The summed E-state index contributed by atoms with van der Waals surface area (Å²) in [6.07, 6.45) is -1.62. The van der Waals surface area contributed by atoms with Gasteiger partial charge in [0.05, 0.1) is 30.4 Å². The lowest BCUT2D eigenvalue weighted by Gasteiger charge is -2.23.